The van der Waals surface area contributed by atoms with Gasteiger partial charge < -0.3 is 24.3 Å². The van der Waals surface area contributed by atoms with Crippen molar-refractivity contribution in [3.05, 3.63) is 48.0 Å². The van der Waals surface area contributed by atoms with E-state index in [0.717, 1.165) is 37.3 Å². The number of fused-ring (bicyclic) bond motifs is 1. The fourth-order valence-corrected chi connectivity index (χ4v) is 4.42. The zero-order valence-corrected chi connectivity index (χ0v) is 18.1. The third-order valence-electron chi connectivity index (χ3n) is 5.95. The Morgan fingerprint density at radius 1 is 1.19 bits per heavy atom. The zero-order chi connectivity index (χ0) is 22.0. The van der Waals surface area contributed by atoms with Gasteiger partial charge in [0, 0.05) is 31.0 Å². The van der Waals surface area contributed by atoms with Crippen LogP contribution in [0.1, 0.15) is 24.7 Å². The number of halogens is 1. The summed E-state index contributed by atoms with van der Waals surface area (Å²) in [6.45, 7) is 4.14. The fraction of sp³-hybridized carbons (Fsp3) is 0.391. The minimum absolute atomic E-state index is 0.0448. The highest BCUT2D eigenvalue weighted by atomic mass is 19.1. The van der Waals surface area contributed by atoms with Crippen LogP contribution in [-0.2, 0) is 4.79 Å². The molecule has 7 nitrogen and oxygen atoms in total. The number of quaternary nitrogens is 1. The number of carbonyl (C=O) groups is 1. The highest BCUT2D eigenvalue weighted by Crippen LogP contribution is 2.29. The average molecular weight is 428 g/mol. The average Bonchev–Trinajstić information content (AvgIpc) is 3.09. The Balaban J connectivity index is 1.37. The Hall–Kier alpha value is -3.13. The number of ether oxygens (including phenoxy) is 2. The van der Waals surface area contributed by atoms with Gasteiger partial charge in [-0.25, -0.2) is 9.37 Å². The van der Waals surface area contributed by atoms with Crippen LogP contribution in [0.3, 0.4) is 0 Å². The number of piperidine rings is 1. The number of carbonyl (C=O) groups excluding carboxylic acids is 1. The number of benzene rings is 2. The lowest BCUT2D eigenvalue weighted by Gasteiger charge is -2.30. The van der Waals surface area contributed by atoms with Crippen molar-refractivity contribution >= 4 is 22.6 Å². The molecular weight excluding hydrogens is 399 g/mol. The summed E-state index contributed by atoms with van der Waals surface area (Å²) in [5, 5.41) is 2.95. The molecule has 1 fully saturated rings. The summed E-state index contributed by atoms with van der Waals surface area (Å²) in [5.74, 6) is 1.83. The summed E-state index contributed by atoms with van der Waals surface area (Å²) in [5.41, 5.74) is 2.30. The van der Waals surface area contributed by atoms with E-state index in [1.165, 1.54) is 17.0 Å². The van der Waals surface area contributed by atoms with Crippen LogP contribution in [0.15, 0.2) is 36.4 Å². The Morgan fingerprint density at radius 2 is 1.97 bits per heavy atom. The summed E-state index contributed by atoms with van der Waals surface area (Å²) in [6.07, 6.45) is 1.89. The molecule has 8 heteroatoms. The minimum Gasteiger partial charge on any atom is -0.497 e. The van der Waals surface area contributed by atoms with E-state index in [1.807, 2.05) is 6.92 Å². The molecule has 164 valence electrons. The minimum atomic E-state index is -0.268. The molecule has 0 radical (unpaired) electrons. The quantitative estimate of drug-likeness (QED) is 0.634. The number of aryl methyl sites for hydroxylation is 1. The molecule has 1 amide bonds. The lowest BCUT2D eigenvalue weighted by atomic mass is 10.0. The van der Waals surface area contributed by atoms with Crippen molar-refractivity contribution in [2.45, 2.75) is 25.8 Å². The largest absolute Gasteiger partial charge is 0.497 e. The normalized spacial score (nSPS) is 18.7. The number of rotatable bonds is 6. The second kappa shape index (κ2) is 8.93. The van der Waals surface area contributed by atoms with E-state index in [1.54, 1.807) is 38.5 Å². The molecule has 1 aromatic heterocycles. The molecule has 2 aromatic carbocycles. The zero-order valence-electron chi connectivity index (χ0n) is 18.1. The van der Waals surface area contributed by atoms with Gasteiger partial charge >= 0.3 is 0 Å². The Labute approximate surface area is 180 Å². The van der Waals surface area contributed by atoms with E-state index < -0.39 is 0 Å². The lowest BCUT2D eigenvalue weighted by molar-refractivity contribution is -0.897. The molecule has 0 aliphatic carbocycles. The van der Waals surface area contributed by atoms with Crippen molar-refractivity contribution in [1.82, 2.24) is 9.55 Å². The van der Waals surface area contributed by atoms with E-state index in [-0.39, 0.29) is 11.7 Å². The number of anilines is 1. The van der Waals surface area contributed by atoms with Gasteiger partial charge in [0.2, 0.25) is 0 Å². The number of nitrogens with one attached hydrogen (secondary N) is 2. The van der Waals surface area contributed by atoms with Crippen LogP contribution >= 0.6 is 0 Å². The van der Waals surface area contributed by atoms with E-state index in [0.29, 0.717) is 35.3 Å². The molecule has 31 heavy (non-hydrogen) atoms. The van der Waals surface area contributed by atoms with Gasteiger partial charge in [0.1, 0.15) is 23.1 Å². The van der Waals surface area contributed by atoms with Crippen LogP contribution in [0, 0.1) is 12.7 Å². The summed E-state index contributed by atoms with van der Waals surface area (Å²) >= 11 is 0. The predicted molar refractivity (Wildman–Crippen MR) is 116 cm³/mol. The third kappa shape index (κ3) is 4.49. The molecule has 0 atom stereocenters. The first-order chi connectivity index (χ1) is 15.0. The number of imidazole rings is 1. The molecular formula is C23H28FN4O3+. The second-order valence-electron chi connectivity index (χ2n) is 7.93. The van der Waals surface area contributed by atoms with Crippen LogP contribution in [0.25, 0.3) is 11.0 Å². The topological polar surface area (TPSA) is 69.8 Å². The summed E-state index contributed by atoms with van der Waals surface area (Å²) in [4.78, 5) is 18.4. The summed E-state index contributed by atoms with van der Waals surface area (Å²) in [6, 6.07) is 10.4. The first-order valence-corrected chi connectivity index (χ1v) is 10.5. The van der Waals surface area contributed by atoms with E-state index in [9.17, 15) is 9.18 Å². The van der Waals surface area contributed by atoms with Crippen molar-refractivity contribution in [3.8, 4) is 11.5 Å². The van der Waals surface area contributed by atoms with Gasteiger partial charge in [0.15, 0.2) is 6.54 Å². The van der Waals surface area contributed by atoms with E-state index in [2.05, 4.69) is 14.9 Å². The third-order valence-corrected chi connectivity index (χ3v) is 5.95. The van der Waals surface area contributed by atoms with E-state index in [4.69, 9.17) is 9.47 Å². The predicted octanol–water partition coefficient (Wildman–Crippen LogP) is 2.36. The van der Waals surface area contributed by atoms with Crippen molar-refractivity contribution in [2.24, 2.45) is 0 Å². The number of nitrogens with zero attached hydrogens (tertiary/aromatic N) is 2. The number of hydrogen-bond acceptors (Lipinski definition) is 4. The fourth-order valence-electron chi connectivity index (χ4n) is 4.42. The summed E-state index contributed by atoms with van der Waals surface area (Å²) in [7, 11) is 3.16. The van der Waals surface area contributed by atoms with Crippen molar-refractivity contribution < 1.29 is 23.6 Å². The molecule has 0 unspecified atom stereocenters. The van der Waals surface area contributed by atoms with Gasteiger partial charge in [0.25, 0.3) is 5.91 Å². The van der Waals surface area contributed by atoms with Gasteiger partial charge in [-0.2, -0.15) is 0 Å². The molecule has 2 N–H and O–H groups in total. The first kappa shape index (κ1) is 21.1. The van der Waals surface area contributed by atoms with Gasteiger partial charge in [0.05, 0.1) is 44.0 Å². The van der Waals surface area contributed by atoms with Crippen molar-refractivity contribution in [1.29, 1.82) is 0 Å². The highest BCUT2D eigenvalue weighted by molar-refractivity contribution is 5.93. The number of methoxy groups -OCH3 is 2. The van der Waals surface area contributed by atoms with Gasteiger partial charge in [-0.15, -0.1) is 0 Å². The first-order valence-electron chi connectivity index (χ1n) is 10.5. The highest BCUT2D eigenvalue weighted by Gasteiger charge is 2.27. The maximum Gasteiger partial charge on any atom is 0.279 e. The Kier molecular flexibility index (Phi) is 6.08. The summed E-state index contributed by atoms with van der Waals surface area (Å²) < 4.78 is 26.3. The van der Waals surface area contributed by atoms with Crippen LogP contribution < -0.4 is 19.7 Å². The molecule has 0 bridgehead atoms. The molecule has 1 aliphatic heterocycles. The van der Waals surface area contributed by atoms with Gasteiger partial charge in [-0.05, 0) is 31.2 Å². The van der Waals surface area contributed by atoms with Gasteiger partial charge in [-0.3, -0.25) is 4.79 Å². The van der Waals surface area contributed by atoms with Crippen molar-refractivity contribution in [3.63, 3.8) is 0 Å². The van der Waals surface area contributed by atoms with Crippen LogP contribution in [-0.4, -0.2) is 49.3 Å². The maximum atomic E-state index is 13.5. The molecule has 1 saturated heterocycles. The van der Waals surface area contributed by atoms with Crippen LogP contribution in [0.4, 0.5) is 10.1 Å². The number of hydrogen-bond donors (Lipinski definition) is 2. The number of amides is 1. The Bertz CT molecular complexity index is 1090. The van der Waals surface area contributed by atoms with Crippen LogP contribution in [0.5, 0.6) is 11.5 Å². The molecule has 2 heterocycles. The molecule has 3 aromatic rings. The molecule has 1 aliphatic rings. The van der Waals surface area contributed by atoms with Gasteiger partial charge in [-0.1, -0.05) is 0 Å². The molecule has 4 rings (SSSR count). The van der Waals surface area contributed by atoms with E-state index >= 15 is 0 Å². The smallest absolute Gasteiger partial charge is 0.279 e. The standard InChI is InChI=1S/C23H27FN4O3/c1-15-25-20-12-16(24)4-7-21(20)28(15)17-8-10-27(11-9-17)14-23(29)26-19-6-5-18(30-2)13-22(19)31-3/h4-7,12-13,17H,8-11,14H2,1-3H3,(H,26,29)/p+1. The maximum absolute atomic E-state index is 13.5. The molecule has 0 saturated carbocycles. The number of likely N-dealkylation sites (tertiary alicyclic amines) is 1. The molecule has 0 spiro atoms. The Morgan fingerprint density at radius 3 is 2.68 bits per heavy atom. The SMILES string of the molecule is COc1ccc(NC(=O)C[NH+]2CCC(n3c(C)nc4cc(F)ccc43)CC2)c(OC)c1. The van der Waals surface area contributed by atoms with Crippen molar-refractivity contribution in [2.75, 3.05) is 39.2 Å². The monoisotopic (exact) mass is 427 g/mol. The second-order valence-corrected chi connectivity index (χ2v) is 7.93. The number of aromatic nitrogens is 2. The van der Waals surface area contributed by atoms with Crippen LogP contribution in [0.2, 0.25) is 0 Å². The lowest BCUT2D eigenvalue weighted by Crippen LogP contribution is -3.14.